The first-order chi connectivity index (χ1) is 11.8. The average Bonchev–Trinajstić information content (AvgIpc) is 2.63. The zero-order valence-corrected chi connectivity index (χ0v) is 15.4. The Kier molecular flexibility index (Phi) is 8.03. The topological polar surface area (TPSA) is 27.7 Å². The van der Waals surface area contributed by atoms with Gasteiger partial charge in [0.25, 0.3) is 0 Å². The lowest BCUT2D eigenvalue weighted by Gasteiger charge is -2.16. The maximum absolute atomic E-state index is 6.03. The molecule has 2 rings (SSSR count). The molecular formula is C20H27ClO3. The molecule has 2 aromatic rings. The standard InChI is InChI=1S/C20H27ClO3/c1-3-13-24-20-17-11-7-6-10-16(17)18(15-19(20)22-2)23-14-9-5-4-8-12-21/h6-7,10-11,15H,3-5,8-9,12-14H2,1-2H3. The van der Waals surface area contributed by atoms with Gasteiger partial charge in [-0.25, -0.2) is 0 Å². The van der Waals surface area contributed by atoms with Crippen molar-refractivity contribution in [1.29, 1.82) is 0 Å². The van der Waals surface area contributed by atoms with Crippen LogP contribution in [0.1, 0.15) is 39.0 Å². The Hall–Kier alpha value is -1.61. The van der Waals surface area contributed by atoms with E-state index in [-0.39, 0.29) is 0 Å². The van der Waals surface area contributed by atoms with E-state index in [0.29, 0.717) is 13.2 Å². The van der Waals surface area contributed by atoms with Gasteiger partial charge in [0.05, 0.1) is 20.3 Å². The minimum Gasteiger partial charge on any atom is -0.493 e. The SMILES string of the molecule is CCCOc1c(OC)cc(OCCCCCCCl)c2ccccc12. The summed E-state index contributed by atoms with van der Waals surface area (Å²) < 4.78 is 17.5. The van der Waals surface area contributed by atoms with E-state index in [0.717, 1.165) is 66.0 Å². The van der Waals surface area contributed by atoms with E-state index in [4.69, 9.17) is 25.8 Å². The van der Waals surface area contributed by atoms with Crippen molar-refractivity contribution in [2.24, 2.45) is 0 Å². The van der Waals surface area contributed by atoms with Crippen molar-refractivity contribution >= 4 is 22.4 Å². The largest absolute Gasteiger partial charge is 0.493 e. The third kappa shape index (κ3) is 4.94. The molecule has 0 aliphatic carbocycles. The first-order valence-corrected chi connectivity index (χ1v) is 9.26. The van der Waals surface area contributed by atoms with E-state index in [1.807, 2.05) is 18.2 Å². The average molecular weight is 351 g/mol. The smallest absolute Gasteiger partial charge is 0.169 e. The van der Waals surface area contributed by atoms with Gasteiger partial charge in [-0.3, -0.25) is 0 Å². The highest BCUT2D eigenvalue weighted by Crippen LogP contribution is 2.41. The summed E-state index contributed by atoms with van der Waals surface area (Å²) in [5, 5.41) is 2.09. The molecule has 0 heterocycles. The van der Waals surface area contributed by atoms with Gasteiger partial charge in [-0.05, 0) is 19.3 Å². The zero-order chi connectivity index (χ0) is 17.2. The van der Waals surface area contributed by atoms with Gasteiger partial charge in [-0.1, -0.05) is 44.0 Å². The van der Waals surface area contributed by atoms with Crippen molar-refractivity contribution in [3.05, 3.63) is 30.3 Å². The van der Waals surface area contributed by atoms with Crippen molar-refractivity contribution < 1.29 is 14.2 Å². The van der Waals surface area contributed by atoms with Crippen LogP contribution < -0.4 is 14.2 Å². The van der Waals surface area contributed by atoms with Gasteiger partial charge >= 0.3 is 0 Å². The van der Waals surface area contributed by atoms with Crippen LogP contribution in [0.4, 0.5) is 0 Å². The molecule has 24 heavy (non-hydrogen) atoms. The molecule has 3 nitrogen and oxygen atoms in total. The Morgan fingerprint density at radius 1 is 0.875 bits per heavy atom. The second kappa shape index (κ2) is 10.3. The molecule has 0 bridgehead atoms. The molecule has 0 aromatic heterocycles. The first kappa shape index (κ1) is 18.7. The molecule has 0 aliphatic heterocycles. The molecule has 0 fully saturated rings. The number of unbranched alkanes of at least 4 members (excludes halogenated alkanes) is 3. The molecule has 0 unspecified atom stereocenters. The van der Waals surface area contributed by atoms with Gasteiger partial charge in [0.15, 0.2) is 11.5 Å². The van der Waals surface area contributed by atoms with Crippen molar-refractivity contribution in [2.45, 2.75) is 39.0 Å². The van der Waals surface area contributed by atoms with Gasteiger partial charge in [-0.15, -0.1) is 11.6 Å². The molecule has 2 aromatic carbocycles. The van der Waals surface area contributed by atoms with Crippen molar-refractivity contribution in [3.63, 3.8) is 0 Å². The Bertz CT molecular complexity index is 628. The molecule has 0 spiro atoms. The van der Waals surface area contributed by atoms with E-state index in [1.165, 1.54) is 0 Å². The molecule has 0 saturated carbocycles. The number of fused-ring (bicyclic) bond motifs is 1. The molecule has 0 aliphatic rings. The summed E-state index contributed by atoms with van der Waals surface area (Å²) in [5.41, 5.74) is 0. The third-order valence-corrected chi connectivity index (χ3v) is 4.15. The van der Waals surface area contributed by atoms with E-state index >= 15 is 0 Å². The highest BCUT2D eigenvalue weighted by Gasteiger charge is 2.14. The minimum atomic E-state index is 0.668. The number of alkyl halides is 1. The minimum absolute atomic E-state index is 0.668. The van der Waals surface area contributed by atoms with Gasteiger partial charge in [0, 0.05) is 22.7 Å². The van der Waals surface area contributed by atoms with Gasteiger partial charge < -0.3 is 14.2 Å². The lowest BCUT2D eigenvalue weighted by Crippen LogP contribution is -2.02. The fourth-order valence-corrected chi connectivity index (χ4v) is 2.84. The monoisotopic (exact) mass is 350 g/mol. The number of rotatable bonds is 11. The number of hydrogen-bond acceptors (Lipinski definition) is 3. The molecule has 0 saturated heterocycles. The Balaban J connectivity index is 2.17. The van der Waals surface area contributed by atoms with E-state index in [2.05, 4.69) is 19.1 Å². The second-order valence-corrected chi connectivity index (χ2v) is 6.13. The van der Waals surface area contributed by atoms with Crippen LogP contribution in [0.15, 0.2) is 30.3 Å². The lowest BCUT2D eigenvalue weighted by molar-refractivity contribution is 0.290. The molecule has 0 atom stereocenters. The maximum atomic E-state index is 6.03. The normalized spacial score (nSPS) is 10.8. The van der Waals surface area contributed by atoms with Gasteiger partial charge in [-0.2, -0.15) is 0 Å². The van der Waals surface area contributed by atoms with Crippen LogP contribution >= 0.6 is 11.6 Å². The summed E-state index contributed by atoms with van der Waals surface area (Å²) in [5.74, 6) is 3.11. The Morgan fingerprint density at radius 3 is 2.33 bits per heavy atom. The van der Waals surface area contributed by atoms with Crippen LogP contribution in [0.5, 0.6) is 17.2 Å². The summed E-state index contributed by atoms with van der Waals surface area (Å²) >= 11 is 5.70. The Labute approximate surface area is 149 Å². The summed E-state index contributed by atoms with van der Waals surface area (Å²) in [6, 6.07) is 10.1. The van der Waals surface area contributed by atoms with Crippen molar-refractivity contribution in [1.82, 2.24) is 0 Å². The summed E-state index contributed by atoms with van der Waals surface area (Å²) in [7, 11) is 1.67. The molecule has 132 valence electrons. The zero-order valence-electron chi connectivity index (χ0n) is 14.6. The number of ether oxygens (including phenoxy) is 3. The maximum Gasteiger partial charge on any atom is 0.169 e. The van der Waals surface area contributed by atoms with E-state index in [1.54, 1.807) is 7.11 Å². The van der Waals surface area contributed by atoms with Crippen LogP contribution in [0.3, 0.4) is 0 Å². The number of methoxy groups -OCH3 is 1. The van der Waals surface area contributed by atoms with Crippen LogP contribution in [0, 0.1) is 0 Å². The summed E-state index contributed by atoms with van der Waals surface area (Å²) in [6.45, 7) is 3.46. The predicted octanol–water partition coefficient (Wildman–Crippen LogP) is 5.82. The van der Waals surface area contributed by atoms with Gasteiger partial charge in [0.1, 0.15) is 5.75 Å². The van der Waals surface area contributed by atoms with E-state index < -0.39 is 0 Å². The molecule has 0 amide bonds. The summed E-state index contributed by atoms with van der Waals surface area (Å²) in [6.07, 6.45) is 5.35. The highest BCUT2D eigenvalue weighted by atomic mass is 35.5. The Morgan fingerprint density at radius 2 is 1.62 bits per heavy atom. The molecule has 4 heteroatoms. The highest BCUT2D eigenvalue weighted by molar-refractivity contribution is 6.17. The number of halogens is 1. The molecule has 0 radical (unpaired) electrons. The predicted molar refractivity (Wildman–Crippen MR) is 101 cm³/mol. The van der Waals surface area contributed by atoms with Crippen LogP contribution in [-0.2, 0) is 0 Å². The van der Waals surface area contributed by atoms with Gasteiger partial charge in [0.2, 0.25) is 0 Å². The van der Waals surface area contributed by atoms with Crippen LogP contribution in [0.25, 0.3) is 10.8 Å². The second-order valence-electron chi connectivity index (χ2n) is 5.75. The molecule has 0 N–H and O–H groups in total. The lowest BCUT2D eigenvalue weighted by atomic mass is 10.1. The van der Waals surface area contributed by atoms with E-state index in [9.17, 15) is 0 Å². The fourth-order valence-electron chi connectivity index (χ4n) is 2.65. The number of hydrogen-bond donors (Lipinski definition) is 0. The van der Waals surface area contributed by atoms with Crippen molar-refractivity contribution in [2.75, 3.05) is 26.2 Å². The quantitative estimate of drug-likeness (QED) is 0.377. The van der Waals surface area contributed by atoms with Crippen molar-refractivity contribution in [3.8, 4) is 17.2 Å². The fraction of sp³-hybridized carbons (Fsp3) is 0.500. The first-order valence-electron chi connectivity index (χ1n) is 8.73. The number of benzene rings is 2. The third-order valence-electron chi connectivity index (χ3n) is 3.88. The summed E-state index contributed by atoms with van der Waals surface area (Å²) in [4.78, 5) is 0. The van der Waals surface area contributed by atoms with Crippen LogP contribution in [0.2, 0.25) is 0 Å². The molecular weight excluding hydrogens is 324 g/mol. The van der Waals surface area contributed by atoms with Crippen LogP contribution in [-0.4, -0.2) is 26.2 Å².